The van der Waals surface area contributed by atoms with Crippen LogP contribution < -0.4 is 0 Å². The van der Waals surface area contributed by atoms with E-state index >= 15 is 0 Å². The second-order valence-electron chi connectivity index (χ2n) is 8.18. The van der Waals surface area contributed by atoms with Gasteiger partial charge in [0.2, 0.25) is 0 Å². The van der Waals surface area contributed by atoms with Crippen LogP contribution >= 0.6 is 11.8 Å². The number of hydrogen-bond acceptors (Lipinski definition) is 9. The summed E-state index contributed by atoms with van der Waals surface area (Å²) >= 11 is 0.591. The molecular weight excluding hydrogens is 432 g/mol. The highest BCUT2D eigenvalue weighted by molar-refractivity contribution is 8.14. The molecule has 170 valence electrons. The molecule has 31 heavy (non-hydrogen) atoms. The van der Waals surface area contributed by atoms with Crippen molar-refractivity contribution in [1.82, 2.24) is 4.90 Å². The van der Waals surface area contributed by atoms with Gasteiger partial charge >= 0.3 is 12.2 Å². The van der Waals surface area contributed by atoms with Gasteiger partial charge in [-0.1, -0.05) is 0 Å². The maximum atomic E-state index is 12.5. The summed E-state index contributed by atoms with van der Waals surface area (Å²) in [7, 11) is 1.27. The largest absolute Gasteiger partial charge is 0.443 e. The molecule has 1 aromatic carbocycles. The number of carbonyl (C=O) groups is 2. The molecule has 12 nitrogen and oxygen atoms in total. The topological polar surface area (TPSA) is 154 Å². The first-order valence-corrected chi connectivity index (χ1v) is 9.71. The predicted octanol–water partition coefficient (Wildman–Crippen LogP) is 4.75. The third-order valence-corrected chi connectivity index (χ3v) is 4.20. The van der Waals surface area contributed by atoms with Crippen molar-refractivity contribution in [2.24, 2.45) is 4.99 Å². The minimum Gasteiger partial charge on any atom is -0.443 e. The van der Waals surface area contributed by atoms with Crippen molar-refractivity contribution in [3.63, 3.8) is 0 Å². The molecule has 0 unspecified atom stereocenters. The van der Waals surface area contributed by atoms with Crippen LogP contribution in [0, 0.1) is 20.2 Å². The molecule has 0 saturated carbocycles. The summed E-state index contributed by atoms with van der Waals surface area (Å²) in [6, 6.07) is 2.98. The van der Waals surface area contributed by atoms with Gasteiger partial charge in [-0.05, 0) is 59.4 Å². The van der Waals surface area contributed by atoms with Crippen LogP contribution in [0.5, 0.6) is 0 Å². The summed E-state index contributed by atoms with van der Waals surface area (Å²) in [6.45, 7) is 9.76. The summed E-state index contributed by atoms with van der Waals surface area (Å²) in [4.78, 5) is 50.0. The number of rotatable bonds is 3. The van der Waals surface area contributed by atoms with Crippen LogP contribution in [0.1, 0.15) is 41.5 Å². The van der Waals surface area contributed by atoms with Gasteiger partial charge < -0.3 is 9.47 Å². The Morgan fingerprint density at radius 2 is 1.55 bits per heavy atom. The number of non-ortho nitro benzene ring substituents is 1. The zero-order valence-corrected chi connectivity index (χ0v) is 19.0. The number of nitrogens with zero attached hydrogens (tertiary/aromatic N) is 4. The van der Waals surface area contributed by atoms with Gasteiger partial charge in [0.15, 0.2) is 5.17 Å². The second kappa shape index (κ2) is 9.73. The molecule has 2 amide bonds. The molecule has 0 radical (unpaired) electrons. The highest BCUT2D eigenvalue weighted by Crippen LogP contribution is 2.34. The Morgan fingerprint density at radius 1 is 1.00 bits per heavy atom. The number of nitro groups is 2. The average molecular weight is 456 g/mol. The van der Waals surface area contributed by atoms with E-state index in [1.807, 2.05) is 0 Å². The normalized spacial score (nSPS) is 12.2. The summed E-state index contributed by atoms with van der Waals surface area (Å²) < 4.78 is 10.4. The van der Waals surface area contributed by atoms with E-state index in [1.54, 1.807) is 41.5 Å². The maximum Gasteiger partial charge on any atom is 0.436 e. The van der Waals surface area contributed by atoms with Gasteiger partial charge in [0, 0.05) is 13.1 Å². The lowest BCUT2D eigenvalue weighted by atomic mass is 10.2. The molecule has 0 saturated heterocycles. The highest BCUT2D eigenvalue weighted by Gasteiger charge is 2.28. The minimum absolute atomic E-state index is 0.0756. The van der Waals surface area contributed by atoms with Crippen molar-refractivity contribution in [2.45, 2.75) is 57.6 Å². The molecule has 0 spiro atoms. The van der Waals surface area contributed by atoms with Crippen molar-refractivity contribution in [3.05, 3.63) is 38.4 Å². The summed E-state index contributed by atoms with van der Waals surface area (Å²) in [5, 5.41) is 22.1. The SMILES string of the molecule is CN(C(=O)OC(C)(C)C)C(=NC(=O)OC(C)(C)C)Sc1ccc([N+](=O)[O-])cc1[N+](=O)[O-]. The zero-order valence-electron chi connectivity index (χ0n) is 18.2. The molecule has 0 aliphatic rings. The number of ether oxygens (including phenoxy) is 2. The Balaban J connectivity index is 3.41. The van der Waals surface area contributed by atoms with Crippen LogP contribution in [0.2, 0.25) is 0 Å². The molecule has 0 aliphatic heterocycles. The number of carbonyl (C=O) groups excluding carboxylic acids is 2. The highest BCUT2D eigenvalue weighted by atomic mass is 32.2. The van der Waals surface area contributed by atoms with E-state index in [2.05, 4.69) is 4.99 Å². The first-order valence-electron chi connectivity index (χ1n) is 8.89. The monoisotopic (exact) mass is 456 g/mol. The van der Waals surface area contributed by atoms with E-state index in [9.17, 15) is 29.8 Å². The number of benzene rings is 1. The zero-order chi connectivity index (χ0) is 24.1. The van der Waals surface area contributed by atoms with E-state index < -0.39 is 44.6 Å². The van der Waals surface area contributed by atoms with Crippen LogP contribution in [-0.2, 0) is 9.47 Å². The van der Waals surface area contributed by atoms with Crippen molar-refractivity contribution < 1.29 is 28.9 Å². The van der Waals surface area contributed by atoms with Crippen molar-refractivity contribution in [3.8, 4) is 0 Å². The Bertz CT molecular complexity index is 918. The summed E-state index contributed by atoms with van der Waals surface area (Å²) in [5.74, 6) is 0. The average Bonchev–Trinajstić information content (AvgIpc) is 2.57. The van der Waals surface area contributed by atoms with Gasteiger partial charge in [0.05, 0.1) is 20.8 Å². The lowest BCUT2D eigenvalue weighted by Gasteiger charge is -2.25. The fraction of sp³-hybridized carbons (Fsp3) is 0.500. The van der Waals surface area contributed by atoms with E-state index in [-0.39, 0.29) is 10.1 Å². The Morgan fingerprint density at radius 3 is 2.00 bits per heavy atom. The van der Waals surface area contributed by atoms with Crippen LogP contribution in [0.3, 0.4) is 0 Å². The van der Waals surface area contributed by atoms with E-state index in [4.69, 9.17) is 9.47 Å². The van der Waals surface area contributed by atoms with Crippen LogP contribution in [-0.4, -0.2) is 50.4 Å². The van der Waals surface area contributed by atoms with Gasteiger partial charge in [-0.3, -0.25) is 25.1 Å². The summed E-state index contributed by atoms with van der Waals surface area (Å²) in [5.41, 5.74) is -2.80. The fourth-order valence-corrected chi connectivity index (χ4v) is 2.79. The van der Waals surface area contributed by atoms with Crippen LogP contribution in [0.4, 0.5) is 21.0 Å². The fourth-order valence-electron chi connectivity index (χ4n) is 1.88. The van der Waals surface area contributed by atoms with Gasteiger partial charge in [0.1, 0.15) is 11.2 Å². The molecule has 0 fully saturated rings. The van der Waals surface area contributed by atoms with Crippen molar-refractivity contribution >= 4 is 40.5 Å². The lowest BCUT2D eigenvalue weighted by Crippen LogP contribution is -2.37. The predicted molar refractivity (Wildman–Crippen MR) is 113 cm³/mol. The Hall–Kier alpha value is -3.22. The maximum absolute atomic E-state index is 12.5. The second-order valence-corrected chi connectivity index (χ2v) is 9.19. The molecule has 0 aromatic heterocycles. The first kappa shape index (κ1) is 25.8. The molecule has 0 aliphatic carbocycles. The molecule has 13 heteroatoms. The molecule has 0 N–H and O–H groups in total. The standard InChI is InChI=1S/C18H24N4O8S/c1-17(2,3)29-15(23)19-14(20(7)16(24)30-18(4,5)6)31-13-9-8-11(21(25)26)10-12(13)22(27)28/h8-10H,1-7H3. The van der Waals surface area contributed by atoms with Gasteiger partial charge in [0.25, 0.3) is 11.4 Å². The van der Waals surface area contributed by atoms with E-state index in [1.165, 1.54) is 7.05 Å². The smallest absolute Gasteiger partial charge is 0.436 e. The molecular formula is C18H24N4O8S. The lowest BCUT2D eigenvalue weighted by molar-refractivity contribution is -0.396. The molecule has 0 heterocycles. The quantitative estimate of drug-likeness (QED) is 0.206. The number of thioether (sulfide) groups is 1. The van der Waals surface area contributed by atoms with E-state index in [0.29, 0.717) is 11.8 Å². The van der Waals surface area contributed by atoms with Gasteiger partial charge in [-0.25, -0.2) is 9.59 Å². The third kappa shape index (κ3) is 8.58. The molecule has 1 rings (SSSR count). The van der Waals surface area contributed by atoms with Crippen molar-refractivity contribution in [2.75, 3.05) is 7.05 Å². The Kier molecular flexibility index (Phi) is 8.10. The first-order chi connectivity index (χ1) is 14.0. The van der Waals surface area contributed by atoms with E-state index in [0.717, 1.165) is 23.1 Å². The van der Waals surface area contributed by atoms with Gasteiger partial charge in [-0.15, -0.1) is 0 Å². The third-order valence-electron chi connectivity index (χ3n) is 3.09. The van der Waals surface area contributed by atoms with Crippen molar-refractivity contribution in [1.29, 1.82) is 0 Å². The summed E-state index contributed by atoms with van der Waals surface area (Å²) in [6.07, 6.45) is -1.90. The molecule has 0 atom stereocenters. The number of amidine groups is 1. The number of amides is 2. The Labute approximate surface area is 182 Å². The number of nitro benzene ring substituents is 2. The van der Waals surface area contributed by atoms with Crippen LogP contribution in [0.15, 0.2) is 28.1 Å². The number of aliphatic imine (C=N–C) groups is 1. The molecule has 1 aromatic rings. The molecule has 0 bridgehead atoms. The number of hydrogen-bond donors (Lipinski definition) is 0. The van der Waals surface area contributed by atoms with Crippen LogP contribution in [0.25, 0.3) is 0 Å². The van der Waals surface area contributed by atoms with Gasteiger partial charge in [-0.2, -0.15) is 4.99 Å². The minimum atomic E-state index is -1.03.